The second-order valence-electron chi connectivity index (χ2n) is 12.4. The van der Waals surface area contributed by atoms with E-state index >= 15 is 0 Å². The average molecular weight is 642 g/mol. The maximum absolute atomic E-state index is 6.57. The Hall–Kier alpha value is -6.65. The van der Waals surface area contributed by atoms with Crippen molar-refractivity contribution in [3.8, 4) is 56.7 Å². The molecule has 9 rings (SSSR count). The highest BCUT2D eigenvalue weighted by molar-refractivity contribution is 5.80. The summed E-state index contributed by atoms with van der Waals surface area (Å²) in [6.45, 7) is 0. The van der Waals surface area contributed by atoms with E-state index in [-0.39, 0.29) is 0 Å². The summed E-state index contributed by atoms with van der Waals surface area (Å²) >= 11 is 0. The van der Waals surface area contributed by atoms with Crippen molar-refractivity contribution in [3.05, 3.63) is 210 Å². The topological polar surface area (TPSA) is 47.9 Å². The van der Waals surface area contributed by atoms with Crippen molar-refractivity contribution in [2.24, 2.45) is 0 Å². The number of rotatable bonds is 6. The largest absolute Gasteiger partial charge is 0.457 e. The summed E-state index contributed by atoms with van der Waals surface area (Å²) < 4.78 is 6.57. The van der Waals surface area contributed by atoms with Gasteiger partial charge in [0.2, 0.25) is 0 Å². The molecule has 0 bridgehead atoms. The van der Waals surface area contributed by atoms with Gasteiger partial charge >= 0.3 is 0 Å². The summed E-state index contributed by atoms with van der Waals surface area (Å²) in [7, 11) is 0. The molecule has 0 aliphatic carbocycles. The number of fused-ring (bicyclic) bond motifs is 2. The molecule has 1 aliphatic rings. The van der Waals surface area contributed by atoms with Crippen LogP contribution in [0, 0.1) is 0 Å². The van der Waals surface area contributed by atoms with Crippen molar-refractivity contribution in [2.45, 2.75) is 5.41 Å². The van der Waals surface area contributed by atoms with E-state index in [1.165, 1.54) is 11.1 Å². The number of benzene rings is 6. The number of pyridine rings is 1. The van der Waals surface area contributed by atoms with E-state index in [0.717, 1.165) is 62.0 Å². The van der Waals surface area contributed by atoms with Crippen molar-refractivity contribution in [1.82, 2.24) is 15.0 Å². The maximum Gasteiger partial charge on any atom is 0.160 e. The summed E-state index contributed by atoms with van der Waals surface area (Å²) in [4.78, 5) is 14.8. The minimum Gasteiger partial charge on any atom is -0.457 e. The standard InChI is InChI=1S/C46H31N3O/c1-3-16-32(17-4-1)41-31-42(40-26-13-14-29-47-40)49-45(48-41)34-19-15-18-33(30-34)36-22-7-8-23-37(36)46(35-20-5-2-6-21-35)38-24-9-11-27-43(38)50-44-28-12-10-25-39(44)46/h1-31H. The fraction of sp³-hybridized carbons (Fsp3) is 0.0217. The monoisotopic (exact) mass is 641 g/mol. The summed E-state index contributed by atoms with van der Waals surface area (Å²) in [5, 5.41) is 0. The molecule has 0 amide bonds. The van der Waals surface area contributed by atoms with Crippen LogP contribution in [0.15, 0.2) is 188 Å². The molecule has 4 heteroatoms. The number of para-hydroxylation sites is 2. The first-order chi connectivity index (χ1) is 24.8. The van der Waals surface area contributed by atoms with Gasteiger partial charge in [-0.25, -0.2) is 9.97 Å². The van der Waals surface area contributed by atoms with Crippen LogP contribution in [0.25, 0.3) is 45.2 Å². The molecule has 2 aromatic heterocycles. The van der Waals surface area contributed by atoms with Gasteiger partial charge in [-0.1, -0.05) is 146 Å². The summed E-state index contributed by atoms with van der Waals surface area (Å²) in [5.41, 5.74) is 10.5. The first-order valence-corrected chi connectivity index (χ1v) is 16.8. The lowest BCUT2D eigenvalue weighted by Gasteiger charge is -2.42. The SMILES string of the molecule is c1ccc(-c2cc(-c3ccccn3)nc(-c3cccc(-c4ccccc4C4(c5ccccc5)c5ccccc5Oc5ccccc54)c3)n2)cc1. The van der Waals surface area contributed by atoms with Gasteiger partial charge in [-0.3, -0.25) is 4.98 Å². The molecule has 6 aromatic carbocycles. The highest BCUT2D eigenvalue weighted by Crippen LogP contribution is 2.56. The van der Waals surface area contributed by atoms with Crippen molar-refractivity contribution >= 4 is 0 Å². The van der Waals surface area contributed by atoms with E-state index in [1.54, 1.807) is 6.20 Å². The summed E-state index contributed by atoms with van der Waals surface area (Å²) in [6, 6.07) is 63.1. The van der Waals surface area contributed by atoms with E-state index < -0.39 is 5.41 Å². The molecule has 0 atom stereocenters. The van der Waals surface area contributed by atoms with Crippen molar-refractivity contribution in [2.75, 3.05) is 0 Å². The third-order valence-electron chi connectivity index (χ3n) is 9.49. The Morgan fingerprint density at radius 2 is 0.980 bits per heavy atom. The van der Waals surface area contributed by atoms with Gasteiger partial charge in [-0.2, -0.15) is 0 Å². The van der Waals surface area contributed by atoms with Crippen molar-refractivity contribution < 1.29 is 4.74 Å². The molecule has 0 radical (unpaired) electrons. The van der Waals surface area contributed by atoms with Crippen molar-refractivity contribution in [1.29, 1.82) is 0 Å². The fourth-order valence-electron chi connectivity index (χ4n) is 7.31. The fourth-order valence-corrected chi connectivity index (χ4v) is 7.31. The lowest BCUT2D eigenvalue weighted by molar-refractivity contribution is 0.434. The van der Waals surface area contributed by atoms with Gasteiger partial charge in [0.1, 0.15) is 11.5 Å². The van der Waals surface area contributed by atoms with E-state index in [1.807, 2.05) is 54.6 Å². The van der Waals surface area contributed by atoms with E-state index in [0.29, 0.717) is 5.82 Å². The van der Waals surface area contributed by atoms with Crippen LogP contribution in [-0.4, -0.2) is 15.0 Å². The number of aromatic nitrogens is 3. The van der Waals surface area contributed by atoms with E-state index in [4.69, 9.17) is 14.7 Å². The van der Waals surface area contributed by atoms with Crippen LogP contribution in [0.2, 0.25) is 0 Å². The van der Waals surface area contributed by atoms with E-state index in [2.05, 4.69) is 132 Å². The third-order valence-corrected chi connectivity index (χ3v) is 9.49. The zero-order valence-electron chi connectivity index (χ0n) is 27.1. The van der Waals surface area contributed by atoms with Gasteiger partial charge in [0.05, 0.1) is 22.5 Å². The zero-order valence-corrected chi connectivity index (χ0v) is 27.1. The molecule has 236 valence electrons. The lowest BCUT2D eigenvalue weighted by Crippen LogP contribution is -2.34. The van der Waals surface area contributed by atoms with Crippen LogP contribution in [0.5, 0.6) is 11.5 Å². The minimum atomic E-state index is -0.644. The molecule has 0 fully saturated rings. The van der Waals surface area contributed by atoms with Gasteiger partial charge in [0.25, 0.3) is 0 Å². The lowest BCUT2D eigenvalue weighted by atomic mass is 9.62. The van der Waals surface area contributed by atoms with Gasteiger partial charge in [0, 0.05) is 28.5 Å². The zero-order chi connectivity index (χ0) is 33.3. The number of hydrogen-bond acceptors (Lipinski definition) is 4. The molecule has 0 spiro atoms. The average Bonchev–Trinajstić information content (AvgIpc) is 3.21. The predicted octanol–water partition coefficient (Wildman–Crippen LogP) is 11.0. The molecular formula is C46H31N3O. The number of nitrogens with zero attached hydrogens (tertiary/aromatic N) is 3. The molecule has 0 saturated carbocycles. The Morgan fingerprint density at radius 3 is 1.70 bits per heavy atom. The van der Waals surface area contributed by atoms with Crippen LogP contribution in [0.3, 0.4) is 0 Å². The predicted molar refractivity (Wildman–Crippen MR) is 200 cm³/mol. The number of hydrogen-bond donors (Lipinski definition) is 0. The normalized spacial score (nSPS) is 12.7. The van der Waals surface area contributed by atoms with Gasteiger partial charge < -0.3 is 4.74 Å². The molecule has 50 heavy (non-hydrogen) atoms. The quantitative estimate of drug-likeness (QED) is 0.181. The first-order valence-electron chi connectivity index (χ1n) is 16.8. The molecule has 1 aliphatic heterocycles. The van der Waals surface area contributed by atoms with Crippen molar-refractivity contribution in [3.63, 3.8) is 0 Å². The molecular weight excluding hydrogens is 611 g/mol. The highest BCUT2D eigenvalue weighted by Gasteiger charge is 2.46. The summed E-state index contributed by atoms with van der Waals surface area (Å²) in [6.07, 6.45) is 1.80. The van der Waals surface area contributed by atoms with Crippen LogP contribution >= 0.6 is 0 Å². The Morgan fingerprint density at radius 1 is 0.400 bits per heavy atom. The Kier molecular flexibility index (Phi) is 7.33. The highest BCUT2D eigenvalue weighted by atomic mass is 16.5. The van der Waals surface area contributed by atoms with Crippen LogP contribution < -0.4 is 4.74 Å². The Bertz CT molecular complexity index is 2360. The summed E-state index contributed by atoms with van der Waals surface area (Å²) in [5.74, 6) is 2.35. The number of ether oxygens (including phenoxy) is 1. The minimum absolute atomic E-state index is 0.644. The third kappa shape index (κ3) is 4.97. The van der Waals surface area contributed by atoms with Crippen LogP contribution in [0.1, 0.15) is 22.3 Å². The second kappa shape index (κ2) is 12.4. The van der Waals surface area contributed by atoms with Gasteiger partial charge in [-0.05, 0) is 58.7 Å². The maximum atomic E-state index is 6.57. The van der Waals surface area contributed by atoms with E-state index in [9.17, 15) is 0 Å². The van der Waals surface area contributed by atoms with Gasteiger partial charge in [-0.15, -0.1) is 0 Å². The molecule has 0 N–H and O–H groups in total. The Balaban J connectivity index is 1.27. The second-order valence-corrected chi connectivity index (χ2v) is 12.4. The first kappa shape index (κ1) is 29.5. The van der Waals surface area contributed by atoms with Gasteiger partial charge in [0.15, 0.2) is 5.82 Å². The molecule has 0 unspecified atom stereocenters. The van der Waals surface area contributed by atoms with Crippen LogP contribution in [0.4, 0.5) is 0 Å². The Labute approximate surface area is 291 Å². The smallest absolute Gasteiger partial charge is 0.160 e. The molecule has 8 aromatic rings. The molecule has 0 saturated heterocycles. The molecule has 3 heterocycles. The molecule has 4 nitrogen and oxygen atoms in total. The van der Waals surface area contributed by atoms with Crippen LogP contribution in [-0.2, 0) is 5.41 Å².